The monoisotopic (exact) mass is 859 g/mol. The summed E-state index contributed by atoms with van der Waals surface area (Å²) in [6.45, 7) is 44.8. The topological polar surface area (TPSA) is 55.4 Å². The van der Waals surface area contributed by atoms with E-state index in [1.165, 1.54) is 16.7 Å². The van der Waals surface area contributed by atoms with Gasteiger partial charge >= 0.3 is 21.4 Å². The van der Waals surface area contributed by atoms with Gasteiger partial charge in [-0.15, -0.1) is 0 Å². The molecule has 63 heavy (non-hydrogen) atoms. The van der Waals surface area contributed by atoms with Crippen molar-refractivity contribution >= 4 is 39.6 Å². The molecule has 0 saturated carbocycles. The predicted octanol–water partition coefficient (Wildman–Crippen LogP) is 13.9. The summed E-state index contributed by atoms with van der Waals surface area (Å²) in [5.41, 5.74) is 6.41. The number of hydrogen-bond acceptors (Lipinski definition) is 6. The van der Waals surface area contributed by atoms with Crippen molar-refractivity contribution in [2.45, 2.75) is 195 Å². The minimum Gasteiger partial charge on any atom is -0.400 e. The van der Waals surface area contributed by atoms with Crippen LogP contribution in [0.15, 0.2) is 90.7 Å². The Hall–Kier alpha value is -3.17. The van der Waals surface area contributed by atoms with Gasteiger partial charge in [-0.25, -0.2) is 0 Å². The minimum atomic E-state index is -0.280. The van der Waals surface area contributed by atoms with Gasteiger partial charge in [0.25, 0.3) is 0 Å². The van der Waals surface area contributed by atoms with Gasteiger partial charge in [0.15, 0.2) is 0 Å². The van der Waals surface area contributed by atoms with Gasteiger partial charge in [-0.3, -0.25) is 0 Å². The largest absolute Gasteiger partial charge is 0.487 e. The lowest BCUT2D eigenvalue weighted by molar-refractivity contribution is 0.00578. The average molecular weight is 859 g/mol. The van der Waals surface area contributed by atoms with Gasteiger partial charge in [0.05, 0.1) is 33.6 Å². The molecule has 0 aliphatic carbocycles. The van der Waals surface area contributed by atoms with Crippen LogP contribution in [0.1, 0.15) is 179 Å². The molecule has 6 nitrogen and oxygen atoms in total. The third-order valence-corrected chi connectivity index (χ3v) is 13.5. The first-order valence-electron chi connectivity index (χ1n) is 23.0. The average Bonchev–Trinajstić information content (AvgIpc) is 3.60. The Labute approximate surface area is 385 Å². The van der Waals surface area contributed by atoms with Crippen LogP contribution in [-0.4, -0.2) is 55.0 Å². The van der Waals surface area contributed by atoms with Crippen LogP contribution in [0.25, 0.3) is 18.2 Å². The van der Waals surface area contributed by atoms with Gasteiger partial charge in [0.2, 0.25) is 0 Å². The maximum atomic E-state index is 5.95. The summed E-state index contributed by atoms with van der Waals surface area (Å²) in [6.07, 6.45) is 6.19. The Balaban J connectivity index is 0.000000207. The van der Waals surface area contributed by atoms with Gasteiger partial charge in [0.1, 0.15) is 0 Å². The van der Waals surface area contributed by atoms with Crippen LogP contribution in [0.2, 0.25) is 0 Å². The van der Waals surface area contributed by atoms with Crippen molar-refractivity contribution in [2.75, 3.05) is 0 Å². The summed E-state index contributed by atoms with van der Waals surface area (Å²) in [7, 11) is -0.841. The van der Waals surface area contributed by atoms with Gasteiger partial charge in [-0.05, 0) is 133 Å². The van der Waals surface area contributed by atoms with Crippen molar-refractivity contribution in [3.8, 4) is 0 Å². The molecule has 342 valence electrons. The molecule has 0 unspecified atom stereocenters. The zero-order chi connectivity index (χ0) is 47.7. The molecule has 3 fully saturated rings. The SMILES string of the molecule is CC(C)(C)c1ccc(/C=C/B2OC(C)(C)C(C)(C)O2)cc1.CC(C)(C)c1ccc(/C=C/B2OC(C)(C)C(C)(C)O2)cc1.CC(C)(C)c1ccc(/C=C/B2OC(C)(C)C(C)(C)O2)cc1. The molecule has 0 N–H and O–H groups in total. The molecule has 0 spiro atoms. The number of benzene rings is 3. The van der Waals surface area contributed by atoms with E-state index in [1.807, 2.05) is 17.9 Å². The Kier molecular flexibility index (Phi) is 15.8. The molecule has 0 radical (unpaired) electrons. The highest BCUT2D eigenvalue weighted by atomic mass is 16.7. The first-order chi connectivity index (χ1) is 28.5. The molecule has 6 rings (SSSR count). The quantitative estimate of drug-likeness (QED) is 0.230. The van der Waals surface area contributed by atoms with Crippen molar-refractivity contribution in [2.24, 2.45) is 0 Å². The van der Waals surface area contributed by atoms with E-state index in [0.29, 0.717) is 0 Å². The van der Waals surface area contributed by atoms with Crippen LogP contribution in [-0.2, 0) is 44.2 Å². The Morgan fingerprint density at radius 2 is 0.460 bits per heavy atom. The fourth-order valence-electron chi connectivity index (χ4n) is 6.75. The molecule has 9 heteroatoms. The Bertz CT molecular complexity index is 1750. The fourth-order valence-corrected chi connectivity index (χ4v) is 6.75. The minimum absolute atomic E-state index is 0.188. The lowest BCUT2D eigenvalue weighted by atomic mass is 9.86. The molecule has 3 aromatic carbocycles. The van der Waals surface area contributed by atoms with Crippen molar-refractivity contribution in [3.05, 3.63) is 124 Å². The van der Waals surface area contributed by atoms with Gasteiger partial charge < -0.3 is 27.9 Å². The van der Waals surface area contributed by atoms with Crippen LogP contribution >= 0.6 is 0 Å². The van der Waals surface area contributed by atoms with E-state index in [-0.39, 0.29) is 71.2 Å². The normalized spacial score (nSPS) is 21.2. The molecule has 3 aliphatic heterocycles. The molecule has 0 bridgehead atoms. The zero-order valence-electron chi connectivity index (χ0n) is 43.1. The van der Waals surface area contributed by atoms with Crippen LogP contribution in [0.4, 0.5) is 0 Å². The molecular formula is C54H81B3O6. The number of hydrogen-bond donors (Lipinski definition) is 0. The molecule has 0 atom stereocenters. The van der Waals surface area contributed by atoms with E-state index in [1.54, 1.807) is 0 Å². The Morgan fingerprint density at radius 3 is 0.603 bits per heavy atom. The van der Waals surface area contributed by atoms with Crippen LogP contribution in [0.5, 0.6) is 0 Å². The van der Waals surface area contributed by atoms with Crippen molar-refractivity contribution in [3.63, 3.8) is 0 Å². The highest BCUT2D eigenvalue weighted by Crippen LogP contribution is 2.39. The van der Waals surface area contributed by atoms with Crippen molar-refractivity contribution in [1.82, 2.24) is 0 Å². The summed E-state index contributed by atoms with van der Waals surface area (Å²) in [5, 5.41) is 0. The van der Waals surface area contributed by atoms with Crippen LogP contribution in [0, 0.1) is 0 Å². The second kappa shape index (κ2) is 19.0. The van der Waals surface area contributed by atoms with Gasteiger partial charge in [-0.1, -0.05) is 171 Å². The highest BCUT2D eigenvalue weighted by Gasteiger charge is 2.52. The Morgan fingerprint density at radius 1 is 0.302 bits per heavy atom. The maximum absolute atomic E-state index is 5.95. The molecule has 0 amide bonds. The second-order valence-electron chi connectivity index (χ2n) is 23.6. The van der Waals surface area contributed by atoms with E-state index in [2.05, 4.69) is 236 Å². The van der Waals surface area contributed by atoms with Crippen molar-refractivity contribution in [1.29, 1.82) is 0 Å². The first-order valence-corrected chi connectivity index (χ1v) is 23.0. The van der Waals surface area contributed by atoms with Gasteiger partial charge in [-0.2, -0.15) is 0 Å². The van der Waals surface area contributed by atoms with E-state index >= 15 is 0 Å². The van der Waals surface area contributed by atoms with Crippen LogP contribution < -0.4 is 0 Å². The molecule has 3 aromatic rings. The zero-order valence-corrected chi connectivity index (χ0v) is 43.1. The van der Waals surface area contributed by atoms with E-state index < -0.39 is 0 Å². The summed E-state index contributed by atoms with van der Waals surface area (Å²) >= 11 is 0. The maximum Gasteiger partial charge on any atom is 0.487 e. The summed E-state index contributed by atoms with van der Waals surface area (Å²) < 4.78 is 35.7. The van der Waals surface area contributed by atoms with E-state index in [0.717, 1.165) is 16.7 Å². The number of rotatable bonds is 6. The van der Waals surface area contributed by atoms with Crippen LogP contribution in [0.3, 0.4) is 0 Å². The third-order valence-electron chi connectivity index (χ3n) is 13.5. The summed E-state index contributed by atoms with van der Waals surface area (Å²) in [4.78, 5) is 0. The second-order valence-corrected chi connectivity index (χ2v) is 23.6. The predicted molar refractivity (Wildman–Crippen MR) is 271 cm³/mol. The summed E-state index contributed by atoms with van der Waals surface area (Å²) in [5.74, 6) is 5.97. The first kappa shape index (κ1) is 52.5. The van der Waals surface area contributed by atoms with E-state index in [9.17, 15) is 0 Å². The lowest BCUT2D eigenvalue weighted by Crippen LogP contribution is -2.41. The molecule has 3 heterocycles. The van der Waals surface area contributed by atoms with E-state index in [4.69, 9.17) is 27.9 Å². The third kappa shape index (κ3) is 13.9. The standard InChI is InChI=1S/3C18H27BO2/c3*1-16(2,3)15-10-8-14(9-11-15)12-13-19-20-17(4,5)18(6,7)21-19/h3*8-13H,1-7H3/b3*13-12+. The van der Waals surface area contributed by atoms with Gasteiger partial charge in [0, 0.05) is 0 Å². The highest BCUT2D eigenvalue weighted by molar-refractivity contribution is 6.53. The summed E-state index contributed by atoms with van der Waals surface area (Å²) in [6, 6.07) is 26.0. The molecule has 3 aliphatic rings. The van der Waals surface area contributed by atoms with Crippen molar-refractivity contribution < 1.29 is 27.9 Å². The lowest BCUT2D eigenvalue weighted by Gasteiger charge is -2.32. The smallest absolute Gasteiger partial charge is 0.400 e. The molecule has 0 aromatic heterocycles. The molecular weight excluding hydrogens is 777 g/mol. The fraction of sp³-hybridized carbons (Fsp3) is 0.556. The molecule has 3 saturated heterocycles.